The van der Waals surface area contributed by atoms with Crippen LogP contribution in [0, 0.1) is 0 Å². The maximum Gasteiger partial charge on any atom is 0.343 e. The molecule has 0 atom stereocenters. The van der Waals surface area contributed by atoms with Crippen molar-refractivity contribution in [3.63, 3.8) is 0 Å². The van der Waals surface area contributed by atoms with Crippen LogP contribution in [0.25, 0.3) is 0 Å². The molecule has 0 aromatic heterocycles. The number of benzene rings is 3. The molecule has 0 radical (unpaired) electrons. The molecule has 0 aliphatic heterocycles. The van der Waals surface area contributed by atoms with E-state index in [9.17, 15) is 19.2 Å². The minimum atomic E-state index is -0.532. The number of hydrogen-bond acceptors (Lipinski definition) is 9. The lowest BCUT2D eigenvalue weighted by Gasteiger charge is -2.09. The molecule has 10 heteroatoms. The number of rotatable bonds is 18. The van der Waals surface area contributed by atoms with Crippen LogP contribution in [0.2, 0.25) is 0 Å². The quantitative estimate of drug-likeness (QED) is 0.0816. The number of esters is 3. The van der Waals surface area contributed by atoms with Gasteiger partial charge >= 0.3 is 17.9 Å². The zero-order valence-electron chi connectivity index (χ0n) is 24.3. The number of nitrogens with one attached hydrogen (secondary N) is 1. The Hall–Kier alpha value is -5.38. The summed E-state index contributed by atoms with van der Waals surface area (Å²) in [4.78, 5) is 47.2. The maximum absolute atomic E-state index is 12.6. The van der Waals surface area contributed by atoms with E-state index in [1.165, 1.54) is 0 Å². The zero-order chi connectivity index (χ0) is 31.6. The largest absolute Gasteiger partial charge is 0.494 e. The van der Waals surface area contributed by atoms with Gasteiger partial charge in [-0.15, -0.1) is 0 Å². The number of hydrogen-bond donors (Lipinski definition) is 1. The lowest BCUT2D eigenvalue weighted by atomic mass is 10.2. The van der Waals surface area contributed by atoms with Gasteiger partial charge in [0.05, 0.1) is 32.0 Å². The van der Waals surface area contributed by atoms with E-state index in [4.69, 9.17) is 23.7 Å². The third-order valence-electron chi connectivity index (χ3n) is 5.97. The Morgan fingerprint density at radius 3 is 1.48 bits per heavy atom. The summed E-state index contributed by atoms with van der Waals surface area (Å²) in [6, 6.07) is 19.8. The van der Waals surface area contributed by atoms with Crippen molar-refractivity contribution in [3.05, 3.63) is 109 Å². The molecule has 0 spiro atoms. The van der Waals surface area contributed by atoms with Crippen LogP contribution in [0.1, 0.15) is 46.4 Å². The molecule has 44 heavy (non-hydrogen) atoms. The average Bonchev–Trinajstić information content (AvgIpc) is 3.05. The van der Waals surface area contributed by atoms with Gasteiger partial charge in [-0.3, -0.25) is 4.79 Å². The Bertz CT molecular complexity index is 1290. The highest BCUT2D eigenvalue weighted by atomic mass is 16.5. The fourth-order valence-electron chi connectivity index (χ4n) is 3.62. The van der Waals surface area contributed by atoms with Gasteiger partial charge in [-0.1, -0.05) is 13.2 Å². The van der Waals surface area contributed by atoms with Crippen molar-refractivity contribution in [2.75, 3.05) is 31.7 Å². The molecule has 0 unspecified atom stereocenters. The standard InChI is InChI=1S/C34H35NO9/c1-3-31(36)42-23-7-5-21-40-28-15-9-25(10-16-28)33(38)35-27-13-19-30(20-14-27)44-34(39)26-11-17-29(18-12-26)41-22-6-8-24-43-32(37)4-2/h3-4,9-20H,1-2,5-8,21-24H2,(H,35,38). The van der Waals surface area contributed by atoms with Gasteiger partial charge in [0, 0.05) is 23.4 Å². The Labute approximate surface area is 256 Å². The average molecular weight is 602 g/mol. The SMILES string of the molecule is C=CC(=O)OCCCCOc1ccc(C(=O)Nc2ccc(OC(=O)c3ccc(OCCCCOC(=O)C=C)cc3)cc2)cc1. The predicted molar refractivity (Wildman–Crippen MR) is 164 cm³/mol. The van der Waals surface area contributed by atoms with Crippen LogP contribution in [-0.4, -0.2) is 50.2 Å². The highest BCUT2D eigenvalue weighted by molar-refractivity contribution is 6.04. The molecule has 0 aliphatic carbocycles. The van der Waals surface area contributed by atoms with Gasteiger partial charge < -0.3 is 29.0 Å². The molecule has 0 bridgehead atoms. The molecule has 3 rings (SSSR count). The van der Waals surface area contributed by atoms with Crippen molar-refractivity contribution in [1.82, 2.24) is 0 Å². The molecule has 1 N–H and O–H groups in total. The summed E-state index contributed by atoms with van der Waals surface area (Å²) in [5.41, 5.74) is 1.34. The summed E-state index contributed by atoms with van der Waals surface area (Å²) in [7, 11) is 0. The van der Waals surface area contributed by atoms with Crippen molar-refractivity contribution in [3.8, 4) is 17.2 Å². The van der Waals surface area contributed by atoms with Crippen LogP contribution in [0.4, 0.5) is 5.69 Å². The number of amides is 1. The van der Waals surface area contributed by atoms with E-state index in [1.54, 1.807) is 72.8 Å². The highest BCUT2D eigenvalue weighted by Gasteiger charge is 2.11. The van der Waals surface area contributed by atoms with E-state index in [0.717, 1.165) is 12.2 Å². The van der Waals surface area contributed by atoms with Crippen LogP contribution in [-0.2, 0) is 19.1 Å². The van der Waals surface area contributed by atoms with Crippen LogP contribution in [0.3, 0.4) is 0 Å². The number of ether oxygens (including phenoxy) is 5. The number of carbonyl (C=O) groups excluding carboxylic acids is 4. The molecule has 3 aromatic carbocycles. The smallest absolute Gasteiger partial charge is 0.343 e. The van der Waals surface area contributed by atoms with Gasteiger partial charge in [0.15, 0.2) is 0 Å². The second-order valence-corrected chi connectivity index (χ2v) is 9.27. The summed E-state index contributed by atoms with van der Waals surface area (Å²) >= 11 is 0. The highest BCUT2D eigenvalue weighted by Crippen LogP contribution is 2.20. The Kier molecular flexibility index (Phi) is 13.7. The van der Waals surface area contributed by atoms with E-state index in [-0.39, 0.29) is 5.91 Å². The summed E-state index contributed by atoms with van der Waals surface area (Å²) in [6.45, 7) is 8.19. The second-order valence-electron chi connectivity index (χ2n) is 9.27. The van der Waals surface area contributed by atoms with Crippen LogP contribution >= 0.6 is 0 Å². The second kappa shape index (κ2) is 18.2. The van der Waals surface area contributed by atoms with Crippen LogP contribution < -0.4 is 19.5 Å². The molecule has 10 nitrogen and oxygen atoms in total. The lowest BCUT2D eigenvalue weighted by molar-refractivity contribution is -0.138. The van der Waals surface area contributed by atoms with Crippen molar-refractivity contribution in [2.45, 2.75) is 25.7 Å². The molecule has 0 heterocycles. The van der Waals surface area contributed by atoms with Crippen molar-refractivity contribution < 1.29 is 42.9 Å². The minimum absolute atomic E-state index is 0.302. The van der Waals surface area contributed by atoms with Crippen molar-refractivity contribution in [1.29, 1.82) is 0 Å². The minimum Gasteiger partial charge on any atom is -0.494 e. The molecule has 0 saturated carbocycles. The van der Waals surface area contributed by atoms with Gasteiger partial charge in [-0.05, 0) is 98.5 Å². The molecule has 0 aliphatic rings. The van der Waals surface area contributed by atoms with E-state index in [2.05, 4.69) is 18.5 Å². The molecule has 1 amide bonds. The predicted octanol–water partition coefficient (Wildman–Crippen LogP) is 5.93. The van der Waals surface area contributed by atoms with E-state index < -0.39 is 17.9 Å². The zero-order valence-corrected chi connectivity index (χ0v) is 24.3. The summed E-state index contributed by atoms with van der Waals surface area (Å²) in [6.07, 6.45) is 4.99. The van der Waals surface area contributed by atoms with Gasteiger partial charge in [0.25, 0.3) is 5.91 Å². The third-order valence-corrected chi connectivity index (χ3v) is 5.97. The van der Waals surface area contributed by atoms with Gasteiger partial charge in [-0.25, -0.2) is 14.4 Å². The summed E-state index contributed by atoms with van der Waals surface area (Å²) in [5, 5.41) is 2.80. The Morgan fingerprint density at radius 1 is 0.568 bits per heavy atom. The van der Waals surface area contributed by atoms with Crippen molar-refractivity contribution >= 4 is 29.5 Å². The first-order valence-electron chi connectivity index (χ1n) is 14.1. The van der Waals surface area contributed by atoms with Gasteiger partial charge in [0.1, 0.15) is 17.2 Å². The van der Waals surface area contributed by atoms with E-state index in [1.807, 2.05) is 0 Å². The first-order chi connectivity index (χ1) is 21.4. The first kappa shape index (κ1) is 33.1. The van der Waals surface area contributed by atoms with Gasteiger partial charge in [-0.2, -0.15) is 0 Å². The number of carbonyl (C=O) groups is 4. The van der Waals surface area contributed by atoms with Crippen molar-refractivity contribution in [2.24, 2.45) is 0 Å². The fraction of sp³-hybridized carbons (Fsp3) is 0.235. The Balaban J connectivity index is 1.37. The molecular formula is C34H35NO9. The third kappa shape index (κ3) is 11.8. The maximum atomic E-state index is 12.6. The van der Waals surface area contributed by atoms with Gasteiger partial charge in [0.2, 0.25) is 0 Å². The molecule has 0 fully saturated rings. The Morgan fingerprint density at radius 2 is 1.00 bits per heavy atom. The topological polar surface area (TPSA) is 126 Å². The van der Waals surface area contributed by atoms with E-state index in [0.29, 0.717) is 86.2 Å². The molecule has 230 valence electrons. The molecule has 0 saturated heterocycles. The normalized spacial score (nSPS) is 10.2. The summed E-state index contributed by atoms with van der Waals surface area (Å²) < 4.78 is 26.6. The summed E-state index contributed by atoms with van der Waals surface area (Å²) in [5.74, 6) is -0.172. The van der Waals surface area contributed by atoms with Crippen LogP contribution in [0.15, 0.2) is 98.1 Å². The first-order valence-corrected chi connectivity index (χ1v) is 14.1. The molecule has 3 aromatic rings. The van der Waals surface area contributed by atoms with Crippen LogP contribution in [0.5, 0.6) is 17.2 Å². The fourth-order valence-corrected chi connectivity index (χ4v) is 3.62. The molecular weight excluding hydrogens is 566 g/mol. The monoisotopic (exact) mass is 601 g/mol. The number of unbranched alkanes of at least 4 members (excludes halogenated alkanes) is 2. The number of anilines is 1. The lowest BCUT2D eigenvalue weighted by Crippen LogP contribution is -2.12. The van der Waals surface area contributed by atoms with E-state index >= 15 is 0 Å².